The third-order valence-corrected chi connectivity index (χ3v) is 3.65. The molecule has 1 heterocycles. The summed E-state index contributed by atoms with van der Waals surface area (Å²) in [4.78, 5) is 38.7. The molecule has 1 aliphatic rings. The van der Waals surface area contributed by atoms with Crippen molar-refractivity contribution in [3.8, 4) is 0 Å². The molecule has 23 heavy (non-hydrogen) atoms. The molecule has 0 saturated carbocycles. The molecule has 2 rings (SSSR count). The fourth-order valence-electron chi connectivity index (χ4n) is 2.33. The van der Waals surface area contributed by atoms with Gasteiger partial charge in [0.05, 0.1) is 6.61 Å². The standard InChI is InChI=1S/C17H22N2O4/c1-2-3-9-23-17(22)13-19-12-15(20)18(11-16(19)21)10-14-7-5-4-6-8-14/h4-8H,2-3,9-13H2,1H3. The van der Waals surface area contributed by atoms with Gasteiger partial charge in [-0.15, -0.1) is 0 Å². The highest BCUT2D eigenvalue weighted by Crippen LogP contribution is 2.10. The van der Waals surface area contributed by atoms with Crippen molar-refractivity contribution in [2.75, 3.05) is 26.2 Å². The van der Waals surface area contributed by atoms with Gasteiger partial charge in [0.2, 0.25) is 11.8 Å². The topological polar surface area (TPSA) is 66.9 Å². The Bertz CT molecular complexity index is 559. The summed E-state index contributed by atoms with van der Waals surface area (Å²) < 4.78 is 5.03. The molecule has 0 bridgehead atoms. The van der Waals surface area contributed by atoms with E-state index in [0.717, 1.165) is 18.4 Å². The SMILES string of the molecule is CCCCOC(=O)CN1CC(=O)N(Cc2ccccc2)CC1=O. The van der Waals surface area contributed by atoms with E-state index in [2.05, 4.69) is 0 Å². The fraction of sp³-hybridized carbons (Fsp3) is 0.471. The Morgan fingerprint density at radius 3 is 2.43 bits per heavy atom. The van der Waals surface area contributed by atoms with Crippen molar-refractivity contribution < 1.29 is 19.1 Å². The minimum absolute atomic E-state index is 0.00400. The maximum absolute atomic E-state index is 12.2. The molecule has 0 aliphatic carbocycles. The molecule has 0 radical (unpaired) electrons. The Balaban J connectivity index is 1.85. The number of esters is 1. The predicted octanol–water partition coefficient (Wildman–Crippen LogP) is 1.20. The summed E-state index contributed by atoms with van der Waals surface area (Å²) in [7, 11) is 0. The summed E-state index contributed by atoms with van der Waals surface area (Å²) in [6.45, 7) is 2.52. The Kier molecular flexibility index (Phi) is 6.14. The molecule has 1 fully saturated rings. The van der Waals surface area contributed by atoms with E-state index >= 15 is 0 Å². The van der Waals surface area contributed by atoms with Gasteiger partial charge in [-0.1, -0.05) is 43.7 Å². The van der Waals surface area contributed by atoms with Crippen LogP contribution in [0.2, 0.25) is 0 Å². The molecule has 0 spiro atoms. The molecule has 6 heteroatoms. The van der Waals surface area contributed by atoms with Gasteiger partial charge in [0, 0.05) is 6.54 Å². The van der Waals surface area contributed by atoms with Crippen molar-refractivity contribution in [1.29, 1.82) is 0 Å². The zero-order valence-corrected chi connectivity index (χ0v) is 13.4. The van der Waals surface area contributed by atoms with Crippen LogP contribution in [-0.4, -0.2) is 53.8 Å². The number of benzene rings is 1. The Labute approximate surface area is 136 Å². The van der Waals surface area contributed by atoms with E-state index < -0.39 is 5.97 Å². The van der Waals surface area contributed by atoms with Crippen LogP contribution in [0.4, 0.5) is 0 Å². The van der Waals surface area contributed by atoms with Crippen LogP contribution in [0.5, 0.6) is 0 Å². The number of carbonyl (C=O) groups is 3. The number of amides is 2. The van der Waals surface area contributed by atoms with Gasteiger partial charge in [-0.05, 0) is 12.0 Å². The van der Waals surface area contributed by atoms with Crippen LogP contribution >= 0.6 is 0 Å². The van der Waals surface area contributed by atoms with Gasteiger partial charge in [-0.3, -0.25) is 14.4 Å². The van der Waals surface area contributed by atoms with Crippen molar-refractivity contribution in [2.24, 2.45) is 0 Å². The van der Waals surface area contributed by atoms with Crippen LogP contribution < -0.4 is 0 Å². The molecule has 1 aliphatic heterocycles. The quantitative estimate of drug-likeness (QED) is 0.560. The second kappa shape index (κ2) is 8.31. The van der Waals surface area contributed by atoms with Crippen LogP contribution in [0.25, 0.3) is 0 Å². The Morgan fingerprint density at radius 2 is 1.74 bits per heavy atom. The number of unbranched alkanes of at least 4 members (excludes halogenated alkanes) is 1. The number of hydrogen-bond acceptors (Lipinski definition) is 4. The molecule has 2 amide bonds. The molecular formula is C17H22N2O4. The highest BCUT2D eigenvalue weighted by molar-refractivity contribution is 5.94. The molecule has 0 N–H and O–H groups in total. The lowest BCUT2D eigenvalue weighted by Crippen LogP contribution is -2.54. The molecule has 1 saturated heterocycles. The monoisotopic (exact) mass is 318 g/mol. The molecule has 6 nitrogen and oxygen atoms in total. The van der Waals surface area contributed by atoms with Crippen LogP contribution in [0.15, 0.2) is 30.3 Å². The van der Waals surface area contributed by atoms with Gasteiger partial charge in [-0.2, -0.15) is 0 Å². The maximum Gasteiger partial charge on any atom is 0.325 e. The van der Waals surface area contributed by atoms with Gasteiger partial charge in [-0.25, -0.2) is 0 Å². The number of hydrogen-bond donors (Lipinski definition) is 0. The minimum Gasteiger partial charge on any atom is -0.464 e. The lowest BCUT2D eigenvalue weighted by atomic mass is 10.2. The smallest absolute Gasteiger partial charge is 0.325 e. The van der Waals surface area contributed by atoms with Gasteiger partial charge in [0.25, 0.3) is 0 Å². The zero-order valence-electron chi connectivity index (χ0n) is 13.4. The average Bonchev–Trinajstić information content (AvgIpc) is 2.53. The van der Waals surface area contributed by atoms with E-state index in [9.17, 15) is 14.4 Å². The first-order valence-corrected chi connectivity index (χ1v) is 7.85. The first-order chi connectivity index (χ1) is 11.1. The van der Waals surface area contributed by atoms with E-state index in [0.29, 0.717) is 13.2 Å². The summed E-state index contributed by atoms with van der Waals surface area (Å²) in [5.41, 5.74) is 0.973. The minimum atomic E-state index is -0.462. The van der Waals surface area contributed by atoms with Crippen molar-refractivity contribution >= 4 is 17.8 Å². The summed E-state index contributed by atoms with van der Waals surface area (Å²) in [5.74, 6) is -0.848. The molecule has 0 aromatic heterocycles. The highest BCUT2D eigenvalue weighted by Gasteiger charge is 2.31. The van der Waals surface area contributed by atoms with E-state index in [1.54, 1.807) is 0 Å². The van der Waals surface area contributed by atoms with Gasteiger partial charge >= 0.3 is 5.97 Å². The van der Waals surface area contributed by atoms with E-state index in [4.69, 9.17) is 4.74 Å². The third kappa shape index (κ3) is 5.09. The van der Waals surface area contributed by atoms with Gasteiger partial charge in [0.1, 0.15) is 19.6 Å². The maximum atomic E-state index is 12.2. The second-order valence-corrected chi connectivity index (χ2v) is 5.56. The van der Waals surface area contributed by atoms with Crippen molar-refractivity contribution in [3.63, 3.8) is 0 Å². The number of piperazine rings is 1. The molecular weight excluding hydrogens is 296 g/mol. The molecule has 124 valence electrons. The first kappa shape index (κ1) is 17.0. The fourth-order valence-corrected chi connectivity index (χ4v) is 2.33. The lowest BCUT2D eigenvalue weighted by Gasteiger charge is -2.33. The van der Waals surface area contributed by atoms with Crippen molar-refractivity contribution in [3.05, 3.63) is 35.9 Å². The number of ether oxygens (including phenoxy) is 1. The molecule has 0 atom stereocenters. The van der Waals surface area contributed by atoms with E-state index in [-0.39, 0.29) is 31.4 Å². The van der Waals surface area contributed by atoms with Crippen LogP contribution in [-0.2, 0) is 25.7 Å². The van der Waals surface area contributed by atoms with Crippen molar-refractivity contribution in [1.82, 2.24) is 9.80 Å². The Hall–Kier alpha value is -2.37. The zero-order chi connectivity index (χ0) is 16.7. The van der Waals surface area contributed by atoms with Gasteiger partial charge < -0.3 is 14.5 Å². The van der Waals surface area contributed by atoms with Crippen LogP contribution in [0, 0.1) is 0 Å². The lowest BCUT2D eigenvalue weighted by molar-refractivity contribution is -0.156. The van der Waals surface area contributed by atoms with Crippen molar-refractivity contribution in [2.45, 2.75) is 26.3 Å². The Morgan fingerprint density at radius 1 is 1.09 bits per heavy atom. The van der Waals surface area contributed by atoms with E-state index in [1.165, 1.54) is 9.80 Å². The molecule has 1 aromatic carbocycles. The summed E-state index contributed by atoms with van der Waals surface area (Å²) in [6, 6.07) is 9.51. The first-order valence-electron chi connectivity index (χ1n) is 7.85. The summed E-state index contributed by atoms with van der Waals surface area (Å²) >= 11 is 0. The molecule has 1 aromatic rings. The van der Waals surface area contributed by atoms with Crippen LogP contribution in [0.3, 0.4) is 0 Å². The highest BCUT2D eigenvalue weighted by atomic mass is 16.5. The second-order valence-electron chi connectivity index (χ2n) is 5.56. The van der Waals surface area contributed by atoms with Gasteiger partial charge in [0.15, 0.2) is 0 Å². The number of carbonyl (C=O) groups excluding carboxylic acids is 3. The molecule has 0 unspecified atom stereocenters. The summed E-state index contributed by atoms with van der Waals surface area (Å²) in [6.07, 6.45) is 1.73. The van der Waals surface area contributed by atoms with Crippen LogP contribution in [0.1, 0.15) is 25.3 Å². The summed E-state index contributed by atoms with van der Waals surface area (Å²) in [5, 5.41) is 0. The third-order valence-electron chi connectivity index (χ3n) is 3.65. The average molecular weight is 318 g/mol. The normalized spacial score (nSPS) is 15.0. The van der Waals surface area contributed by atoms with E-state index in [1.807, 2.05) is 37.3 Å². The number of nitrogens with zero attached hydrogens (tertiary/aromatic N) is 2. The predicted molar refractivity (Wildman–Crippen MR) is 84.3 cm³/mol. The number of rotatable bonds is 7. The largest absolute Gasteiger partial charge is 0.464 e.